The fourth-order valence-electron chi connectivity index (χ4n) is 2.01. The van der Waals surface area contributed by atoms with Crippen molar-refractivity contribution in [2.75, 3.05) is 26.2 Å². The first kappa shape index (κ1) is 19.1. The van der Waals surface area contributed by atoms with Gasteiger partial charge in [0.05, 0.1) is 11.6 Å². The summed E-state index contributed by atoms with van der Waals surface area (Å²) in [5, 5.41) is 3.51. The summed E-state index contributed by atoms with van der Waals surface area (Å²) in [6, 6.07) is 5.52. The number of nitrogens with one attached hydrogen (secondary N) is 1. The summed E-state index contributed by atoms with van der Waals surface area (Å²) in [6.45, 7) is 6.85. The maximum atomic E-state index is 12.0. The van der Waals surface area contributed by atoms with Crippen LogP contribution in [0.2, 0.25) is 5.02 Å². The summed E-state index contributed by atoms with van der Waals surface area (Å²) in [4.78, 5) is 13.8. The van der Waals surface area contributed by atoms with Crippen molar-refractivity contribution in [2.24, 2.45) is 0 Å². The van der Waals surface area contributed by atoms with Crippen LogP contribution in [0.25, 0.3) is 0 Å². The van der Waals surface area contributed by atoms with Crippen LogP contribution >= 0.6 is 27.5 Å². The smallest absolute Gasteiger partial charge is 0.317 e. The Balaban J connectivity index is 2.25. The van der Waals surface area contributed by atoms with Gasteiger partial charge >= 0.3 is 6.03 Å². The number of benzene rings is 1. The lowest BCUT2D eigenvalue weighted by molar-refractivity contribution is 0.196. The summed E-state index contributed by atoms with van der Waals surface area (Å²) >= 11 is 9.42. The largest absolute Gasteiger partial charge is 0.492 e. The lowest BCUT2D eigenvalue weighted by Gasteiger charge is -2.21. The lowest BCUT2D eigenvalue weighted by atomic mass is 10.3. The molecule has 2 amide bonds. The molecule has 0 unspecified atom stereocenters. The Bertz CT molecular complexity index is 465. The third-order valence-electron chi connectivity index (χ3n) is 3.02. The number of carbonyl (C=O) groups is 1. The zero-order valence-electron chi connectivity index (χ0n) is 13.2. The molecule has 0 aliphatic heterocycles. The summed E-state index contributed by atoms with van der Waals surface area (Å²) in [5.74, 6) is 0.662. The summed E-state index contributed by atoms with van der Waals surface area (Å²) in [5.41, 5.74) is 0. The topological polar surface area (TPSA) is 41.6 Å². The normalized spacial score (nSPS) is 10.4. The molecule has 6 heteroatoms. The van der Waals surface area contributed by atoms with Crippen LogP contribution in [0.3, 0.4) is 0 Å². The van der Waals surface area contributed by atoms with Crippen LogP contribution in [-0.4, -0.2) is 37.2 Å². The molecule has 0 spiro atoms. The van der Waals surface area contributed by atoms with E-state index < -0.39 is 0 Å². The fourth-order valence-corrected chi connectivity index (χ4v) is 2.74. The van der Waals surface area contributed by atoms with Crippen molar-refractivity contribution in [3.8, 4) is 5.75 Å². The van der Waals surface area contributed by atoms with E-state index in [0.29, 0.717) is 23.9 Å². The van der Waals surface area contributed by atoms with E-state index in [1.54, 1.807) is 6.07 Å². The quantitative estimate of drug-likeness (QED) is 0.620. The van der Waals surface area contributed by atoms with E-state index >= 15 is 0 Å². The van der Waals surface area contributed by atoms with Crippen LogP contribution < -0.4 is 10.1 Å². The van der Waals surface area contributed by atoms with Crippen molar-refractivity contribution < 1.29 is 9.53 Å². The van der Waals surface area contributed by atoms with Crippen LogP contribution in [0.15, 0.2) is 22.7 Å². The molecule has 0 heterocycles. The molecular formula is C16H24BrClN2O2. The number of carbonyl (C=O) groups excluding carboxylic acids is 1. The third-order valence-corrected chi connectivity index (χ3v) is 3.81. The number of hydrogen-bond acceptors (Lipinski definition) is 2. The van der Waals surface area contributed by atoms with Crippen molar-refractivity contribution >= 4 is 33.6 Å². The summed E-state index contributed by atoms with van der Waals surface area (Å²) in [6.07, 6.45) is 2.68. The van der Waals surface area contributed by atoms with Crippen LogP contribution in [-0.2, 0) is 0 Å². The van der Waals surface area contributed by atoms with Gasteiger partial charge in [-0.15, -0.1) is 0 Å². The second kappa shape index (κ2) is 10.7. The van der Waals surface area contributed by atoms with E-state index in [1.807, 2.05) is 17.0 Å². The van der Waals surface area contributed by atoms with E-state index in [1.165, 1.54) is 0 Å². The predicted octanol–water partition coefficient (Wildman–Crippen LogP) is 4.70. The summed E-state index contributed by atoms with van der Waals surface area (Å²) < 4.78 is 6.53. The van der Waals surface area contributed by atoms with Crippen molar-refractivity contribution in [3.05, 3.63) is 27.7 Å². The zero-order chi connectivity index (χ0) is 16.4. The first-order chi connectivity index (χ1) is 10.6. The number of halogens is 2. The molecule has 0 saturated heterocycles. The Morgan fingerprint density at radius 1 is 1.32 bits per heavy atom. The molecule has 0 atom stereocenters. The number of urea groups is 1. The van der Waals surface area contributed by atoms with Crippen LogP contribution in [0.4, 0.5) is 4.79 Å². The highest BCUT2D eigenvalue weighted by molar-refractivity contribution is 9.10. The van der Waals surface area contributed by atoms with Crippen molar-refractivity contribution in [1.82, 2.24) is 10.2 Å². The minimum Gasteiger partial charge on any atom is -0.492 e. The molecule has 0 aromatic heterocycles. The first-order valence-electron chi connectivity index (χ1n) is 7.69. The highest BCUT2D eigenvalue weighted by Crippen LogP contribution is 2.27. The molecule has 4 nitrogen and oxygen atoms in total. The van der Waals surface area contributed by atoms with Gasteiger partial charge in [-0.05, 0) is 37.5 Å². The monoisotopic (exact) mass is 390 g/mol. The number of rotatable bonds is 9. The number of amides is 2. The molecule has 22 heavy (non-hydrogen) atoms. The molecule has 124 valence electrons. The van der Waals surface area contributed by atoms with Crippen molar-refractivity contribution in [3.63, 3.8) is 0 Å². The average Bonchev–Trinajstić information content (AvgIpc) is 2.48. The molecule has 0 aliphatic rings. The van der Waals surface area contributed by atoms with Gasteiger partial charge in [-0.2, -0.15) is 0 Å². The van der Waals surface area contributed by atoms with E-state index in [-0.39, 0.29) is 6.03 Å². The van der Waals surface area contributed by atoms with E-state index in [4.69, 9.17) is 16.3 Å². The number of ether oxygens (including phenoxy) is 1. The Hall–Kier alpha value is -0.940. The predicted molar refractivity (Wildman–Crippen MR) is 94.8 cm³/mol. The summed E-state index contributed by atoms with van der Waals surface area (Å²) in [7, 11) is 0. The van der Waals surface area contributed by atoms with E-state index in [2.05, 4.69) is 35.1 Å². The molecule has 0 radical (unpaired) electrons. The second-order valence-electron chi connectivity index (χ2n) is 5.00. The molecular weight excluding hydrogens is 368 g/mol. The van der Waals surface area contributed by atoms with E-state index in [9.17, 15) is 4.79 Å². The van der Waals surface area contributed by atoms with Gasteiger partial charge in [0.1, 0.15) is 5.75 Å². The highest BCUT2D eigenvalue weighted by Gasteiger charge is 2.10. The van der Waals surface area contributed by atoms with Crippen molar-refractivity contribution in [2.45, 2.75) is 33.1 Å². The average molecular weight is 392 g/mol. The maximum absolute atomic E-state index is 12.0. The van der Waals surface area contributed by atoms with Crippen LogP contribution in [0.5, 0.6) is 5.75 Å². The molecule has 0 saturated carbocycles. The maximum Gasteiger partial charge on any atom is 0.317 e. The third kappa shape index (κ3) is 6.88. The van der Waals surface area contributed by atoms with Gasteiger partial charge in [0.2, 0.25) is 0 Å². The Morgan fingerprint density at radius 3 is 2.59 bits per heavy atom. The van der Waals surface area contributed by atoms with Gasteiger partial charge in [-0.25, -0.2) is 4.79 Å². The van der Waals surface area contributed by atoms with Crippen LogP contribution in [0.1, 0.15) is 33.1 Å². The molecule has 1 aromatic carbocycles. The zero-order valence-corrected chi connectivity index (χ0v) is 15.5. The minimum absolute atomic E-state index is 0.00498. The molecule has 0 aliphatic carbocycles. The SMILES string of the molecule is CCCN(CCC)C(=O)NCCCOc1ccc(Br)cc1Cl. The van der Waals surface area contributed by atoms with Gasteiger partial charge in [0, 0.05) is 24.1 Å². The second-order valence-corrected chi connectivity index (χ2v) is 6.32. The van der Waals surface area contributed by atoms with E-state index in [0.717, 1.165) is 36.8 Å². The Kier molecular flexibility index (Phi) is 9.32. The molecule has 0 bridgehead atoms. The molecule has 1 N–H and O–H groups in total. The molecule has 0 fully saturated rings. The van der Waals surface area contributed by atoms with Crippen molar-refractivity contribution in [1.29, 1.82) is 0 Å². The van der Waals surface area contributed by atoms with Gasteiger partial charge in [0.15, 0.2) is 0 Å². The van der Waals surface area contributed by atoms with Gasteiger partial charge in [-0.1, -0.05) is 41.4 Å². The standard InChI is InChI=1S/C16H24BrClN2O2/c1-3-9-20(10-4-2)16(21)19-8-5-11-22-15-7-6-13(17)12-14(15)18/h6-7,12H,3-5,8-11H2,1-2H3,(H,19,21). The first-order valence-corrected chi connectivity index (χ1v) is 8.86. The highest BCUT2D eigenvalue weighted by atomic mass is 79.9. The Morgan fingerprint density at radius 2 is 2.00 bits per heavy atom. The minimum atomic E-state index is 0.00498. The van der Waals surface area contributed by atoms with Gasteiger partial charge in [-0.3, -0.25) is 0 Å². The van der Waals surface area contributed by atoms with Gasteiger partial charge in [0.25, 0.3) is 0 Å². The lowest BCUT2D eigenvalue weighted by Crippen LogP contribution is -2.41. The fraction of sp³-hybridized carbons (Fsp3) is 0.562. The Labute approximate surface area is 146 Å². The number of hydrogen-bond donors (Lipinski definition) is 1. The number of nitrogens with zero attached hydrogens (tertiary/aromatic N) is 1. The van der Waals surface area contributed by atoms with Gasteiger partial charge < -0.3 is 15.0 Å². The molecule has 1 rings (SSSR count). The van der Waals surface area contributed by atoms with Crippen LogP contribution in [0, 0.1) is 0 Å². The molecule has 1 aromatic rings.